The number of rotatable bonds is 4. The van der Waals surface area contributed by atoms with Crippen LogP contribution >= 0.6 is 0 Å². The minimum atomic E-state index is -3.29. The zero-order valence-corrected chi connectivity index (χ0v) is 14.1. The van der Waals surface area contributed by atoms with Crippen LogP contribution in [0.3, 0.4) is 0 Å². The molecule has 0 radical (unpaired) electrons. The Hall–Kier alpha value is -2.36. The fourth-order valence-corrected chi connectivity index (χ4v) is 4.36. The number of hydrogen-bond donors (Lipinski definition) is 0. The molecular weight excluding hydrogens is 322 g/mol. The van der Waals surface area contributed by atoms with Crippen LogP contribution in [-0.2, 0) is 15.8 Å². The van der Waals surface area contributed by atoms with Crippen molar-refractivity contribution in [1.82, 2.24) is 4.31 Å². The lowest BCUT2D eigenvalue weighted by atomic mass is 10.2. The van der Waals surface area contributed by atoms with Gasteiger partial charge in [0.05, 0.1) is 17.4 Å². The van der Waals surface area contributed by atoms with Crippen molar-refractivity contribution >= 4 is 15.7 Å². The second-order valence-electron chi connectivity index (χ2n) is 5.79. The highest BCUT2D eigenvalue weighted by Gasteiger charge is 2.27. The van der Waals surface area contributed by atoms with Gasteiger partial charge in [0.1, 0.15) is 0 Å². The van der Waals surface area contributed by atoms with Crippen molar-refractivity contribution < 1.29 is 8.42 Å². The van der Waals surface area contributed by atoms with Crippen LogP contribution in [0.15, 0.2) is 54.6 Å². The van der Waals surface area contributed by atoms with Gasteiger partial charge in [0.15, 0.2) is 0 Å². The van der Waals surface area contributed by atoms with Crippen LogP contribution in [0.1, 0.15) is 11.1 Å². The largest absolute Gasteiger partial charge is 0.369 e. The molecule has 1 fully saturated rings. The number of nitrogens with zero attached hydrogens (tertiary/aromatic N) is 3. The molecule has 124 valence electrons. The summed E-state index contributed by atoms with van der Waals surface area (Å²) in [7, 11) is -3.29. The fraction of sp³-hybridized carbons (Fsp3) is 0.278. The van der Waals surface area contributed by atoms with Gasteiger partial charge in [-0.2, -0.15) is 9.57 Å². The predicted octanol–water partition coefficient (Wildman–Crippen LogP) is 2.21. The molecule has 5 nitrogen and oxygen atoms in total. The third-order valence-corrected chi connectivity index (χ3v) is 6.04. The third-order valence-electron chi connectivity index (χ3n) is 4.19. The summed E-state index contributed by atoms with van der Waals surface area (Å²) in [6.07, 6.45) is 0. The van der Waals surface area contributed by atoms with E-state index in [0.717, 1.165) is 11.3 Å². The maximum absolute atomic E-state index is 12.6. The van der Waals surface area contributed by atoms with Gasteiger partial charge >= 0.3 is 0 Å². The lowest BCUT2D eigenvalue weighted by molar-refractivity contribution is 0.384. The average molecular weight is 341 g/mol. The van der Waals surface area contributed by atoms with Crippen LogP contribution in [0.2, 0.25) is 0 Å². The van der Waals surface area contributed by atoms with Crippen LogP contribution < -0.4 is 4.90 Å². The van der Waals surface area contributed by atoms with E-state index in [2.05, 4.69) is 11.0 Å². The summed E-state index contributed by atoms with van der Waals surface area (Å²) in [6, 6.07) is 18.8. The Bertz CT molecular complexity index is 819. The minimum absolute atomic E-state index is 0.0463. The second-order valence-corrected chi connectivity index (χ2v) is 7.76. The molecule has 1 saturated heterocycles. The van der Waals surface area contributed by atoms with Gasteiger partial charge in [0.25, 0.3) is 0 Å². The Balaban J connectivity index is 1.62. The highest BCUT2D eigenvalue weighted by molar-refractivity contribution is 7.88. The summed E-state index contributed by atoms with van der Waals surface area (Å²) < 4.78 is 26.7. The van der Waals surface area contributed by atoms with Crippen molar-refractivity contribution in [2.75, 3.05) is 31.1 Å². The number of anilines is 1. The van der Waals surface area contributed by atoms with Crippen molar-refractivity contribution in [2.45, 2.75) is 5.75 Å². The molecule has 2 aromatic carbocycles. The smallest absolute Gasteiger partial charge is 0.218 e. The molecule has 0 aliphatic carbocycles. The van der Waals surface area contributed by atoms with E-state index in [1.165, 1.54) is 0 Å². The van der Waals surface area contributed by atoms with E-state index in [1.54, 1.807) is 16.4 Å². The highest BCUT2D eigenvalue weighted by atomic mass is 32.2. The van der Waals surface area contributed by atoms with Crippen LogP contribution in [0, 0.1) is 11.3 Å². The van der Waals surface area contributed by atoms with Gasteiger partial charge in [-0.05, 0) is 29.8 Å². The molecule has 0 bridgehead atoms. The second kappa shape index (κ2) is 7.04. The van der Waals surface area contributed by atoms with Crippen molar-refractivity contribution in [2.24, 2.45) is 0 Å². The molecule has 0 unspecified atom stereocenters. The van der Waals surface area contributed by atoms with E-state index in [-0.39, 0.29) is 5.75 Å². The van der Waals surface area contributed by atoms with Gasteiger partial charge in [0.2, 0.25) is 10.0 Å². The normalized spacial score (nSPS) is 15.9. The van der Waals surface area contributed by atoms with Crippen molar-refractivity contribution in [1.29, 1.82) is 5.26 Å². The summed E-state index contributed by atoms with van der Waals surface area (Å²) in [4.78, 5) is 2.15. The molecule has 3 rings (SSSR count). The van der Waals surface area contributed by atoms with Gasteiger partial charge in [-0.3, -0.25) is 0 Å². The predicted molar refractivity (Wildman–Crippen MR) is 94.0 cm³/mol. The zero-order chi connectivity index (χ0) is 17.0. The third kappa shape index (κ3) is 3.75. The van der Waals surface area contributed by atoms with Crippen molar-refractivity contribution in [3.8, 4) is 6.07 Å². The van der Waals surface area contributed by atoms with Crippen LogP contribution in [0.5, 0.6) is 0 Å². The molecule has 1 heterocycles. The van der Waals surface area contributed by atoms with E-state index in [9.17, 15) is 8.42 Å². The number of piperazine rings is 1. The van der Waals surface area contributed by atoms with Gasteiger partial charge in [0, 0.05) is 31.9 Å². The monoisotopic (exact) mass is 341 g/mol. The number of nitriles is 1. The molecule has 6 heteroatoms. The van der Waals surface area contributed by atoms with Gasteiger partial charge in [-0.25, -0.2) is 8.42 Å². The van der Waals surface area contributed by atoms with E-state index < -0.39 is 10.0 Å². The standard InChI is InChI=1S/C18H19N3O2S/c19-14-16-6-8-18(9-7-16)20-10-12-21(13-11-20)24(22,23)15-17-4-2-1-3-5-17/h1-9H,10-13,15H2. The van der Waals surface area contributed by atoms with E-state index >= 15 is 0 Å². The first-order chi connectivity index (χ1) is 11.6. The topological polar surface area (TPSA) is 64.4 Å². The van der Waals surface area contributed by atoms with Gasteiger partial charge in [-0.1, -0.05) is 30.3 Å². The molecule has 1 aliphatic heterocycles. The van der Waals surface area contributed by atoms with Crippen molar-refractivity contribution in [3.05, 3.63) is 65.7 Å². The van der Waals surface area contributed by atoms with E-state index in [0.29, 0.717) is 31.7 Å². The average Bonchev–Trinajstić information content (AvgIpc) is 2.62. The molecule has 0 N–H and O–H groups in total. The number of hydrogen-bond acceptors (Lipinski definition) is 4. The molecule has 0 spiro atoms. The molecule has 0 saturated carbocycles. The summed E-state index contributed by atoms with van der Waals surface area (Å²) in [6.45, 7) is 2.27. The maximum atomic E-state index is 12.6. The minimum Gasteiger partial charge on any atom is -0.369 e. The Kier molecular flexibility index (Phi) is 4.84. The lowest BCUT2D eigenvalue weighted by Gasteiger charge is -2.35. The van der Waals surface area contributed by atoms with E-state index in [4.69, 9.17) is 5.26 Å². The maximum Gasteiger partial charge on any atom is 0.218 e. The van der Waals surface area contributed by atoms with Crippen LogP contribution in [0.4, 0.5) is 5.69 Å². The molecule has 2 aromatic rings. The first kappa shape index (κ1) is 16.5. The molecule has 1 aliphatic rings. The van der Waals surface area contributed by atoms with Crippen LogP contribution in [0.25, 0.3) is 0 Å². The summed E-state index contributed by atoms with van der Waals surface area (Å²) in [5.41, 5.74) is 2.46. The first-order valence-electron chi connectivity index (χ1n) is 7.85. The fourth-order valence-electron chi connectivity index (χ4n) is 2.85. The van der Waals surface area contributed by atoms with Gasteiger partial charge < -0.3 is 4.90 Å². The summed E-state index contributed by atoms with van der Waals surface area (Å²) in [5.74, 6) is 0.0463. The number of sulfonamides is 1. The molecule has 24 heavy (non-hydrogen) atoms. The number of benzene rings is 2. The Morgan fingerprint density at radius 1 is 0.917 bits per heavy atom. The molecular formula is C18H19N3O2S. The molecule has 0 amide bonds. The highest BCUT2D eigenvalue weighted by Crippen LogP contribution is 2.19. The van der Waals surface area contributed by atoms with Crippen molar-refractivity contribution in [3.63, 3.8) is 0 Å². The zero-order valence-electron chi connectivity index (χ0n) is 13.3. The molecule has 0 aromatic heterocycles. The first-order valence-corrected chi connectivity index (χ1v) is 9.46. The lowest BCUT2D eigenvalue weighted by Crippen LogP contribution is -2.49. The quantitative estimate of drug-likeness (QED) is 0.855. The molecule has 0 atom stereocenters. The Morgan fingerprint density at radius 2 is 1.54 bits per heavy atom. The summed E-state index contributed by atoms with van der Waals surface area (Å²) >= 11 is 0. The Labute approximate surface area is 142 Å². The van der Waals surface area contributed by atoms with Gasteiger partial charge in [-0.15, -0.1) is 0 Å². The van der Waals surface area contributed by atoms with E-state index in [1.807, 2.05) is 42.5 Å². The van der Waals surface area contributed by atoms with Crippen LogP contribution in [-0.4, -0.2) is 38.9 Å². The summed E-state index contributed by atoms with van der Waals surface area (Å²) in [5, 5.41) is 8.85. The Morgan fingerprint density at radius 3 is 2.12 bits per heavy atom. The SMILES string of the molecule is N#Cc1ccc(N2CCN(S(=O)(=O)Cc3ccccc3)CC2)cc1.